The van der Waals surface area contributed by atoms with Gasteiger partial charge in [0.25, 0.3) is 5.91 Å². The lowest BCUT2D eigenvalue weighted by Gasteiger charge is -2.11. The van der Waals surface area contributed by atoms with E-state index >= 15 is 0 Å². The summed E-state index contributed by atoms with van der Waals surface area (Å²) in [7, 11) is 0. The van der Waals surface area contributed by atoms with Gasteiger partial charge in [-0.05, 0) is 56.7 Å². The number of benzene rings is 1. The van der Waals surface area contributed by atoms with Gasteiger partial charge in [0.1, 0.15) is 11.6 Å². The first kappa shape index (κ1) is 19.6. The highest BCUT2D eigenvalue weighted by Crippen LogP contribution is 2.21. The molecule has 4 rings (SSSR count). The summed E-state index contributed by atoms with van der Waals surface area (Å²) in [6.07, 6.45) is 6.82. The molecule has 3 heterocycles. The lowest BCUT2D eigenvalue weighted by Crippen LogP contribution is -2.23. The number of aromatic nitrogens is 4. The summed E-state index contributed by atoms with van der Waals surface area (Å²) < 4.78 is 18.3. The van der Waals surface area contributed by atoms with Crippen molar-refractivity contribution in [3.05, 3.63) is 95.3 Å². The summed E-state index contributed by atoms with van der Waals surface area (Å²) in [6.45, 7) is 5.89. The van der Waals surface area contributed by atoms with E-state index in [1.807, 2.05) is 43.5 Å². The fourth-order valence-corrected chi connectivity index (χ4v) is 3.64. The Bertz CT molecular complexity index is 1210. The zero-order valence-electron chi connectivity index (χ0n) is 17.1. The third kappa shape index (κ3) is 3.61. The lowest BCUT2D eigenvalue weighted by molar-refractivity contribution is 0.0950. The van der Waals surface area contributed by atoms with Gasteiger partial charge in [0, 0.05) is 36.5 Å². The molecule has 6 nitrogen and oxygen atoms in total. The molecule has 0 spiro atoms. The minimum absolute atomic E-state index is 0.201. The zero-order chi connectivity index (χ0) is 21.3. The Morgan fingerprint density at radius 3 is 2.63 bits per heavy atom. The molecular weight excluding hydrogens is 381 g/mol. The number of hydrogen-bond donors (Lipinski definition) is 1. The highest BCUT2D eigenvalue weighted by molar-refractivity contribution is 5.95. The molecule has 0 fully saturated rings. The number of rotatable bonds is 5. The molecule has 0 aliphatic carbocycles. The number of pyridine rings is 1. The van der Waals surface area contributed by atoms with Crippen molar-refractivity contribution in [2.45, 2.75) is 27.3 Å². The van der Waals surface area contributed by atoms with Gasteiger partial charge in [-0.15, -0.1) is 0 Å². The maximum absolute atomic E-state index is 14.6. The predicted molar refractivity (Wildman–Crippen MR) is 112 cm³/mol. The van der Waals surface area contributed by atoms with E-state index in [1.165, 1.54) is 6.07 Å². The van der Waals surface area contributed by atoms with Gasteiger partial charge in [-0.25, -0.2) is 9.37 Å². The van der Waals surface area contributed by atoms with Gasteiger partial charge in [-0.3, -0.25) is 9.78 Å². The molecule has 4 aromatic rings. The van der Waals surface area contributed by atoms with E-state index in [0.717, 1.165) is 17.1 Å². The average Bonchev–Trinajstić information content (AvgIpc) is 3.29. The van der Waals surface area contributed by atoms with Crippen molar-refractivity contribution in [2.24, 2.45) is 0 Å². The van der Waals surface area contributed by atoms with E-state index in [2.05, 4.69) is 15.3 Å². The van der Waals surface area contributed by atoms with Crippen LogP contribution in [-0.4, -0.2) is 25.0 Å². The zero-order valence-corrected chi connectivity index (χ0v) is 17.1. The molecule has 0 unspecified atom stereocenters. The van der Waals surface area contributed by atoms with Crippen LogP contribution < -0.4 is 5.32 Å². The van der Waals surface area contributed by atoms with Crippen LogP contribution >= 0.6 is 0 Å². The smallest absolute Gasteiger partial charge is 0.253 e. The molecule has 0 saturated heterocycles. The van der Waals surface area contributed by atoms with Crippen LogP contribution in [0.25, 0.3) is 11.4 Å². The molecule has 30 heavy (non-hydrogen) atoms. The minimum atomic E-state index is -0.363. The second-order valence-electron chi connectivity index (χ2n) is 7.14. The maximum atomic E-state index is 14.6. The molecule has 7 heteroatoms. The van der Waals surface area contributed by atoms with E-state index < -0.39 is 0 Å². The number of nitrogens with zero attached hydrogens (tertiary/aromatic N) is 4. The standard InChI is InChI=1S/C23H22FN5O/c1-15-11-20(16(2)29(15)19-5-4-8-25-14-19)23(30)27-13-18-6-7-22(21(24)12-18)28-10-9-26-17(28)3/h4-12,14H,13H2,1-3H3,(H,27,30). The van der Waals surface area contributed by atoms with Crippen LogP contribution in [-0.2, 0) is 6.54 Å². The van der Waals surface area contributed by atoms with Crippen molar-refractivity contribution in [1.29, 1.82) is 0 Å². The van der Waals surface area contributed by atoms with Crippen molar-refractivity contribution in [1.82, 2.24) is 24.4 Å². The number of amides is 1. The second-order valence-corrected chi connectivity index (χ2v) is 7.14. The summed E-state index contributed by atoms with van der Waals surface area (Å²) in [4.78, 5) is 21.0. The number of halogens is 1. The molecule has 0 bridgehead atoms. The highest BCUT2D eigenvalue weighted by Gasteiger charge is 2.17. The third-order valence-corrected chi connectivity index (χ3v) is 5.13. The first-order chi connectivity index (χ1) is 14.5. The van der Waals surface area contributed by atoms with Gasteiger partial charge in [-0.1, -0.05) is 6.07 Å². The Morgan fingerprint density at radius 2 is 1.97 bits per heavy atom. The number of hydrogen-bond acceptors (Lipinski definition) is 3. The molecule has 152 valence electrons. The third-order valence-electron chi connectivity index (χ3n) is 5.13. The molecule has 0 aliphatic rings. The molecule has 3 aromatic heterocycles. The summed E-state index contributed by atoms with van der Waals surface area (Å²) in [5, 5.41) is 2.89. The van der Waals surface area contributed by atoms with Crippen molar-refractivity contribution in [2.75, 3.05) is 0 Å². The first-order valence-corrected chi connectivity index (χ1v) is 9.62. The number of carbonyl (C=O) groups excluding carboxylic acids is 1. The summed E-state index contributed by atoms with van der Waals surface area (Å²) in [5.41, 5.74) is 4.37. The lowest BCUT2D eigenvalue weighted by atomic mass is 10.1. The molecule has 1 aromatic carbocycles. The molecule has 0 aliphatic heterocycles. The maximum Gasteiger partial charge on any atom is 0.253 e. The highest BCUT2D eigenvalue weighted by atomic mass is 19.1. The fraction of sp³-hybridized carbons (Fsp3) is 0.174. The van der Waals surface area contributed by atoms with E-state index in [-0.39, 0.29) is 18.3 Å². The summed E-state index contributed by atoms with van der Waals surface area (Å²) in [5.74, 6) is 0.143. The molecule has 0 saturated carbocycles. The predicted octanol–water partition coefficient (Wildman–Crippen LogP) is 4.05. The SMILES string of the molecule is Cc1nccn1-c1ccc(CNC(=O)c2cc(C)n(-c3cccnc3)c2C)cc1F. The largest absolute Gasteiger partial charge is 0.348 e. The van der Waals surface area contributed by atoms with Crippen LogP contribution in [0.5, 0.6) is 0 Å². The number of imidazole rings is 1. The molecule has 0 radical (unpaired) electrons. The van der Waals surface area contributed by atoms with Crippen LogP contribution in [0, 0.1) is 26.6 Å². The van der Waals surface area contributed by atoms with E-state index in [0.29, 0.717) is 22.6 Å². The van der Waals surface area contributed by atoms with Crippen molar-refractivity contribution in [3.63, 3.8) is 0 Å². The van der Waals surface area contributed by atoms with E-state index in [1.54, 1.807) is 41.5 Å². The van der Waals surface area contributed by atoms with Gasteiger partial charge in [0.05, 0.1) is 23.1 Å². The second kappa shape index (κ2) is 7.94. The van der Waals surface area contributed by atoms with Gasteiger partial charge in [0.2, 0.25) is 0 Å². The summed E-state index contributed by atoms with van der Waals surface area (Å²) in [6, 6.07) is 10.6. The van der Waals surface area contributed by atoms with Gasteiger partial charge in [0.15, 0.2) is 0 Å². The Hall–Kier alpha value is -3.74. The van der Waals surface area contributed by atoms with Gasteiger partial charge in [-0.2, -0.15) is 0 Å². The number of aryl methyl sites for hydroxylation is 2. The first-order valence-electron chi connectivity index (χ1n) is 9.62. The number of carbonyl (C=O) groups is 1. The molecular formula is C23H22FN5O. The summed E-state index contributed by atoms with van der Waals surface area (Å²) >= 11 is 0. The Kier molecular flexibility index (Phi) is 5.18. The van der Waals surface area contributed by atoms with E-state index in [4.69, 9.17) is 0 Å². The average molecular weight is 403 g/mol. The molecule has 0 atom stereocenters. The van der Waals surface area contributed by atoms with Crippen molar-refractivity contribution >= 4 is 5.91 Å². The topological polar surface area (TPSA) is 64.7 Å². The van der Waals surface area contributed by atoms with Crippen LogP contribution in [0.1, 0.15) is 33.1 Å². The van der Waals surface area contributed by atoms with Crippen LogP contribution in [0.4, 0.5) is 4.39 Å². The molecule has 1 N–H and O–H groups in total. The molecule has 1 amide bonds. The van der Waals surface area contributed by atoms with Crippen molar-refractivity contribution < 1.29 is 9.18 Å². The Labute approximate surface area is 174 Å². The minimum Gasteiger partial charge on any atom is -0.348 e. The quantitative estimate of drug-likeness (QED) is 0.547. The van der Waals surface area contributed by atoms with Crippen molar-refractivity contribution in [3.8, 4) is 11.4 Å². The van der Waals surface area contributed by atoms with Crippen LogP contribution in [0.2, 0.25) is 0 Å². The monoisotopic (exact) mass is 403 g/mol. The Balaban J connectivity index is 1.51. The van der Waals surface area contributed by atoms with Gasteiger partial charge >= 0.3 is 0 Å². The normalized spacial score (nSPS) is 10.9. The van der Waals surface area contributed by atoms with E-state index in [9.17, 15) is 9.18 Å². The van der Waals surface area contributed by atoms with Gasteiger partial charge < -0.3 is 14.5 Å². The fourth-order valence-electron chi connectivity index (χ4n) is 3.64. The Morgan fingerprint density at radius 1 is 1.13 bits per heavy atom. The number of nitrogens with one attached hydrogen (secondary N) is 1. The van der Waals surface area contributed by atoms with Crippen LogP contribution in [0.15, 0.2) is 61.2 Å². The van der Waals surface area contributed by atoms with Crippen LogP contribution in [0.3, 0.4) is 0 Å².